The van der Waals surface area contributed by atoms with Crippen molar-refractivity contribution in [1.82, 2.24) is 10.6 Å². The maximum Gasteiger partial charge on any atom is 0.306 e. The zero-order valence-electron chi connectivity index (χ0n) is 9.52. The van der Waals surface area contributed by atoms with E-state index < -0.39 is 29.9 Å². The van der Waals surface area contributed by atoms with Crippen LogP contribution in [0.5, 0.6) is 0 Å². The topological polar surface area (TPSA) is 116 Å². The Morgan fingerprint density at radius 3 is 2.71 bits per heavy atom. The van der Waals surface area contributed by atoms with E-state index in [9.17, 15) is 19.5 Å². The third-order valence-corrected chi connectivity index (χ3v) is 2.49. The summed E-state index contributed by atoms with van der Waals surface area (Å²) in [6.45, 7) is 1.17. The molecule has 0 aromatic carbocycles. The standard InChI is InChI=1S/C10H16N2O5/c1-10(17,4-8(14)15)5-11-9(16)6-2-3-7(13)12-6/h6,17H,2-5H2,1H3,(H,11,16)(H,12,13)(H,14,15)/t6-,10?/m1/s1. The van der Waals surface area contributed by atoms with Crippen molar-refractivity contribution in [2.45, 2.75) is 37.8 Å². The second kappa shape index (κ2) is 5.13. The van der Waals surface area contributed by atoms with E-state index in [0.717, 1.165) is 0 Å². The van der Waals surface area contributed by atoms with E-state index >= 15 is 0 Å². The highest BCUT2D eigenvalue weighted by Crippen LogP contribution is 2.09. The van der Waals surface area contributed by atoms with Crippen molar-refractivity contribution in [1.29, 1.82) is 0 Å². The molecule has 2 atom stereocenters. The molecule has 0 aromatic rings. The summed E-state index contributed by atoms with van der Waals surface area (Å²) in [5, 5.41) is 23.1. The van der Waals surface area contributed by atoms with Crippen LogP contribution in [-0.4, -0.2) is 46.2 Å². The second-order valence-corrected chi connectivity index (χ2v) is 4.44. The number of hydrogen-bond donors (Lipinski definition) is 4. The number of nitrogens with one attached hydrogen (secondary N) is 2. The van der Waals surface area contributed by atoms with E-state index in [1.54, 1.807) is 0 Å². The predicted molar refractivity (Wildman–Crippen MR) is 57.1 cm³/mol. The fraction of sp³-hybridized carbons (Fsp3) is 0.700. The van der Waals surface area contributed by atoms with E-state index in [-0.39, 0.29) is 12.5 Å². The summed E-state index contributed by atoms with van der Waals surface area (Å²) in [5.41, 5.74) is -1.50. The van der Waals surface area contributed by atoms with Gasteiger partial charge in [0.25, 0.3) is 0 Å². The Bertz CT molecular complexity index is 340. The molecule has 0 aromatic heterocycles. The highest BCUT2D eigenvalue weighted by Gasteiger charge is 2.30. The molecular weight excluding hydrogens is 228 g/mol. The lowest BCUT2D eigenvalue weighted by atomic mass is 10.0. The minimum atomic E-state index is -1.50. The minimum Gasteiger partial charge on any atom is -0.481 e. The normalized spacial score (nSPS) is 22.7. The van der Waals surface area contributed by atoms with Crippen LogP contribution in [0.1, 0.15) is 26.2 Å². The molecule has 1 fully saturated rings. The fourth-order valence-electron chi connectivity index (χ4n) is 1.60. The molecule has 0 bridgehead atoms. The number of aliphatic carboxylic acids is 1. The first-order valence-electron chi connectivity index (χ1n) is 5.31. The van der Waals surface area contributed by atoms with Gasteiger partial charge < -0.3 is 20.8 Å². The summed E-state index contributed by atoms with van der Waals surface area (Å²) in [5.74, 6) is -1.72. The van der Waals surface area contributed by atoms with Crippen molar-refractivity contribution < 1.29 is 24.6 Å². The van der Waals surface area contributed by atoms with Crippen LogP contribution in [-0.2, 0) is 14.4 Å². The van der Waals surface area contributed by atoms with E-state index in [0.29, 0.717) is 12.8 Å². The van der Waals surface area contributed by atoms with Crippen molar-refractivity contribution in [2.75, 3.05) is 6.54 Å². The fourth-order valence-corrected chi connectivity index (χ4v) is 1.60. The molecule has 17 heavy (non-hydrogen) atoms. The molecule has 7 nitrogen and oxygen atoms in total. The Morgan fingerprint density at radius 2 is 2.24 bits per heavy atom. The van der Waals surface area contributed by atoms with Crippen LogP contribution in [0, 0.1) is 0 Å². The van der Waals surface area contributed by atoms with Gasteiger partial charge in [-0.1, -0.05) is 0 Å². The number of carbonyl (C=O) groups is 3. The third-order valence-electron chi connectivity index (χ3n) is 2.49. The van der Waals surface area contributed by atoms with Gasteiger partial charge in [0, 0.05) is 13.0 Å². The van der Waals surface area contributed by atoms with Gasteiger partial charge in [-0.25, -0.2) is 0 Å². The Morgan fingerprint density at radius 1 is 1.59 bits per heavy atom. The van der Waals surface area contributed by atoms with Crippen LogP contribution in [0.2, 0.25) is 0 Å². The van der Waals surface area contributed by atoms with Gasteiger partial charge in [0.1, 0.15) is 6.04 Å². The van der Waals surface area contributed by atoms with Crippen LogP contribution in [0.4, 0.5) is 0 Å². The molecule has 4 N–H and O–H groups in total. The van der Waals surface area contributed by atoms with Crippen LogP contribution in [0.25, 0.3) is 0 Å². The maximum absolute atomic E-state index is 11.5. The summed E-state index contributed by atoms with van der Waals surface area (Å²) < 4.78 is 0. The largest absolute Gasteiger partial charge is 0.481 e. The van der Waals surface area contributed by atoms with Crippen molar-refractivity contribution in [3.8, 4) is 0 Å². The number of aliphatic hydroxyl groups is 1. The van der Waals surface area contributed by atoms with Gasteiger partial charge in [0.2, 0.25) is 11.8 Å². The number of carboxylic acid groups (broad SMARTS) is 1. The molecule has 1 rings (SSSR count). The summed E-state index contributed by atoms with van der Waals surface area (Å²) in [6, 6.07) is -0.580. The van der Waals surface area contributed by atoms with Crippen LogP contribution >= 0.6 is 0 Å². The summed E-state index contributed by atoms with van der Waals surface area (Å²) in [6.07, 6.45) is 0.277. The van der Waals surface area contributed by atoms with Crippen molar-refractivity contribution in [3.63, 3.8) is 0 Å². The van der Waals surface area contributed by atoms with Gasteiger partial charge >= 0.3 is 5.97 Å². The van der Waals surface area contributed by atoms with Gasteiger partial charge in [-0.15, -0.1) is 0 Å². The third kappa shape index (κ3) is 4.39. The first-order valence-corrected chi connectivity index (χ1v) is 5.31. The molecule has 96 valence electrons. The smallest absolute Gasteiger partial charge is 0.306 e. The molecule has 1 aliphatic heterocycles. The molecule has 1 heterocycles. The Kier molecular flexibility index (Phi) is 4.06. The average Bonchev–Trinajstić information content (AvgIpc) is 2.59. The zero-order chi connectivity index (χ0) is 13.1. The lowest BCUT2D eigenvalue weighted by Crippen LogP contribution is -2.48. The summed E-state index contributed by atoms with van der Waals surface area (Å²) in [7, 11) is 0. The average molecular weight is 244 g/mol. The predicted octanol–water partition coefficient (Wildman–Crippen LogP) is -1.39. The first-order chi connectivity index (χ1) is 7.80. The highest BCUT2D eigenvalue weighted by molar-refractivity contribution is 5.90. The molecule has 1 unspecified atom stereocenters. The van der Waals surface area contributed by atoms with Gasteiger partial charge in [0.05, 0.1) is 12.0 Å². The van der Waals surface area contributed by atoms with Crippen molar-refractivity contribution in [3.05, 3.63) is 0 Å². The van der Waals surface area contributed by atoms with E-state index in [1.165, 1.54) is 6.92 Å². The summed E-state index contributed by atoms with van der Waals surface area (Å²) in [4.78, 5) is 32.9. The number of rotatable bonds is 5. The molecule has 1 saturated heterocycles. The molecule has 2 amide bonds. The lowest BCUT2D eigenvalue weighted by Gasteiger charge is -2.22. The second-order valence-electron chi connectivity index (χ2n) is 4.44. The first kappa shape index (κ1) is 13.4. The molecule has 0 aliphatic carbocycles. The molecule has 7 heteroatoms. The maximum atomic E-state index is 11.5. The zero-order valence-corrected chi connectivity index (χ0v) is 9.52. The Balaban J connectivity index is 2.37. The van der Waals surface area contributed by atoms with Gasteiger partial charge in [0.15, 0.2) is 0 Å². The molecule has 0 radical (unpaired) electrons. The molecule has 0 spiro atoms. The van der Waals surface area contributed by atoms with Crippen LogP contribution in [0.15, 0.2) is 0 Å². The van der Waals surface area contributed by atoms with Gasteiger partial charge in [-0.3, -0.25) is 14.4 Å². The molecule has 1 aliphatic rings. The van der Waals surface area contributed by atoms with Crippen molar-refractivity contribution >= 4 is 17.8 Å². The Labute approximate surface area is 98.2 Å². The van der Waals surface area contributed by atoms with E-state index in [4.69, 9.17) is 5.11 Å². The lowest BCUT2D eigenvalue weighted by molar-refractivity contribution is -0.142. The van der Waals surface area contributed by atoms with Crippen LogP contribution in [0.3, 0.4) is 0 Å². The summed E-state index contributed by atoms with van der Waals surface area (Å²) >= 11 is 0. The number of carbonyl (C=O) groups excluding carboxylic acids is 2. The quantitative estimate of drug-likeness (QED) is 0.475. The number of carboxylic acids is 1. The molecular formula is C10H16N2O5. The van der Waals surface area contributed by atoms with E-state index in [1.807, 2.05) is 0 Å². The van der Waals surface area contributed by atoms with Crippen LogP contribution < -0.4 is 10.6 Å². The highest BCUT2D eigenvalue weighted by atomic mass is 16.4. The number of amides is 2. The SMILES string of the molecule is CC(O)(CNC(=O)[C@H]1CCC(=O)N1)CC(=O)O. The van der Waals surface area contributed by atoms with Crippen molar-refractivity contribution in [2.24, 2.45) is 0 Å². The van der Waals surface area contributed by atoms with Gasteiger partial charge in [-0.2, -0.15) is 0 Å². The number of hydrogen-bond acceptors (Lipinski definition) is 4. The molecule has 0 saturated carbocycles. The monoisotopic (exact) mass is 244 g/mol. The minimum absolute atomic E-state index is 0.162. The Hall–Kier alpha value is -1.63. The van der Waals surface area contributed by atoms with E-state index in [2.05, 4.69) is 10.6 Å². The van der Waals surface area contributed by atoms with Gasteiger partial charge in [-0.05, 0) is 13.3 Å².